The topological polar surface area (TPSA) is 72.8 Å². The number of nitrogens with zero attached hydrogens (tertiary/aromatic N) is 2. The molecule has 0 saturated carbocycles. The van der Waals surface area contributed by atoms with Gasteiger partial charge in [0.25, 0.3) is 0 Å². The lowest BCUT2D eigenvalue weighted by atomic mass is 9.85. The van der Waals surface area contributed by atoms with Crippen molar-refractivity contribution in [2.45, 2.75) is 37.3 Å². The van der Waals surface area contributed by atoms with Crippen molar-refractivity contribution in [3.8, 4) is 0 Å². The van der Waals surface area contributed by atoms with Gasteiger partial charge in [-0.05, 0) is 49.3 Å². The van der Waals surface area contributed by atoms with Crippen LogP contribution in [0.15, 0.2) is 23.5 Å². The maximum absolute atomic E-state index is 8.89. The van der Waals surface area contributed by atoms with E-state index >= 15 is 0 Å². The molecule has 2 aliphatic rings. The highest BCUT2D eigenvalue weighted by atomic mass is 32.2. The Morgan fingerprint density at radius 3 is 3.05 bits per heavy atom. The van der Waals surface area contributed by atoms with Crippen molar-refractivity contribution in [1.82, 2.24) is 4.57 Å². The molecule has 2 aliphatic heterocycles. The Bertz CT molecular complexity index is 489. The minimum Gasteiger partial charge on any atom is -0.409 e. The number of hydrogen-bond donors (Lipinski definition) is 2. The molecule has 2 fully saturated rings. The number of ether oxygens (including phenoxy) is 1. The van der Waals surface area contributed by atoms with Crippen LogP contribution in [0.5, 0.6) is 0 Å². The van der Waals surface area contributed by atoms with Gasteiger partial charge in [0.1, 0.15) is 0 Å². The minimum absolute atomic E-state index is 0.0425. The molecular formula is C14H21N3O2S. The van der Waals surface area contributed by atoms with Crippen LogP contribution in [0.2, 0.25) is 0 Å². The lowest BCUT2D eigenvalue weighted by Crippen LogP contribution is -2.43. The lowest BCUT2D eigenvalue weighted by Gasteiger charge is -2.44. The molecule has 1 aromatic rings. The summed E-state index contributed by atoms with van der Waals surface area (Å²) in [7, 11) is 0. The average molecular weight is 295 g/mol. The van der Waals surface area contributed by atoms with Gasteiger partial charge in [-0.25, -0.2) is 0 Å². The average Bonchev–Trinajstić information content (AvgIpc) is 2.97. The molecule has 0 radical (unpaired) electrons. The Kier molecular flexibility index (Phi) is 3.94. The highest BCUT2D eigenvalue weighted by Gasteiger charge is 2.39. The Balaban J connectivity index is 1.82. The van der Waals surface area contributed by atoms with Crippen molar-refractivity contribution in [3.05, 3.63) is 24.0 Å². The summed E-state index contributed by atoms with van der Waals surface area (Å²) in [6.07, 6.45) is 6.29. The van der Waals surface area contributed by atoms with E-state index in [4.69, 9.17) is 15.7 Å². The summed E-state index contributed by atoms with van der Waals surface area (Å²) in [4.78, 5) is 0. The fraction of sp³-hybridized carbons (Fsp3) is 0.643. The molecule has 20 heavy (non-hydrogen) atoms. The molecule has 2 saturated heterocycles. The van der Waals surface area contributed by atoms with E-state index in [0.717, 1.165) is 38.0 Å². The van der Waals surface area contributed by atoms with Crippen LogP contribution in [0.25, 0.3) is 0 Å². The molecule has 3 N–H and O–H groups in total. The second-order valence-electron chi connectivity index (χ2n) is 5.58. The van der Waals surface area contributed by atoms with E-state index < -0.39 is 0 Å². The van der Waals surface area contributed by atoms with E-state index in [-0.39, 0.29) is 11.4 Å². The van der Waals surface area contributed by atoms with Gasteiger partial charge < -0.3 is 20.2 Å². The minimum atomic E-state index is 0.0425. The SMILES string of the molecule is N/C(=N/O)c1cccn1C1CCOC2(CCSCC2)C1. The first-order valence-corrected chi connectivity index (χ1v) is 8.26. The van der Waals surface area contributed by atoms with E-state index in [1.54, 1.807) is 0 Å². The van der Waals surface area contributed by atoms with Crippen LogP contribution in [-0.4, -0.2) is 39.3 Å². The zero-order valence-corrected chi connectivity index (χ0v) is 12.3. The van der Waals surface area contributed by atoms with Crippen LogP contribution in [0.4, 0.5) is 0 Å². The quantitative estimate of drug-likeness (QED) is 0.380. The molecule has 110 valence electrons. The number of thioether (sulfide) groups is 1. The Hall–Kier alpha value is -1.14. The second kappa shape index (κ2) is 5.69. The Morgan fingerprint density at radius 2 is 2.30 bits per heavy atom. The third-order valence-electron chi connectivity index (χ3n) is 4.41. The fourth-order valence-corrected chi connectivity index (χ4v) is 4.55. The summed E-state index contributed by atoms with van der Waals surface area (Å²) in [6.45, 7) is 0.795. The molecule has 3 heterocycles. The zero-order valence-electron chi connectivity index (χ0n) is 11.5. The van der Waals surface area contributed by atoms with Crippen molar-refractivity contribution in [3.63, 3.8) is 0 Å². The van der Waals surface area contributed by atoms with Gasteiger partial charge in [-0.15, -0.1) is 0 Å². The number of oxime groups is 1. The highest BCUT2D eigenvalue weighted by molar-refractivity contribution is 7.99. The number of amidine groups is 1. The normalized spacial score (nSPS) is 26.8. The van der Waals surface area contributed by atoms with Crippen LogP contribution >= 0.6 is 11.8 Å². The Morgan fingerprint density at radius 1 is 1.50 bits per heavy atom. The van der Waals surface area contributed by atoms with E-state index in [2.05, 4.69) is 9.72 Å². The van der Waals surface area contributed by atoms with Gasteiger partial charge in [-0.1, -0.05) is 5.16 Å². The van der Waals surface area contributed by atoms with Crippen molar-refractivity contribution < 1.29 is 9.94 Å². The summed E-state index contributed by atoms with van der Waals surface area (Å²) in [5, 5.41) is 12.0. The highest BCUT2D eigenvalue weighted by Crippen LogP contribution is 2.41. The van der Waals surface area contributed by atoms with Gasteiger partial charge >= 0.3 is 0 Å². The van der Waals surface area contributed by atoms with Crippen molar-refractivity contribution in [2.24, 2.45) is 10.9 Å². The van der Waals surface area contributed by atoms with Crippen molar-refractivity contribution in [2.75, 3.05) is 18.1 Å². The molecule has 1 aromatic heterocycles. The zero-order chi connectivity index (χ0) is 14.0. The number of hydrogen-bond acceptors (Lipinski definition) is 4. The number of nitrogens with two attached hydrogens (primary N) is 1. The van der Waals surface area contributed by atoms with Gasteiger partial charge in [0.2, 0.25) is 0 Å². The fourth-order valence-electron chi connectivity index (χ4n) is 3.31. The molecule has 0 amide bonds. The molecule has 0 aliphatic carbocycles. The summed E-state index contributed by atoms with van der Waals surface area (Å²) in [5.41, 5.74) is 6.59. The van der Waals surface area contributed by atoms with Gasteiger partial charge in [-0.3, -0.25) is 0 Å². The van der Waals surface area contributed by atoms with Gasteiger partial charge in [-0.2, -0.15) is 11.8 Å². The van der Waals surface area contributed by atoms with E-state index in [0.29, 0.717) is 6.04 Å². The molecular weight excluding hydrogens is 274 g/mol. The molecule has 3 rings (SSSR count). The van der Waals surface area contributed by atoms with Crippen LogP contribution in [0, 0.1) is 0 Å². The van der Waals surface area contributed by atoms with Crippen LogP contribution in [-0.2, 0) is 4.74 Å². The smallest absolute Gasteiger partial charge is 0.186 e. The summed E-state index contributed by atoms with van der Waals surface area (Å²) in [6, 6.07) is 4.22. The van der Waals surface area contributed by atoms with E-state index in [9.17, 15) is 0 Å². The van der Waals surface area contributed by atoms with Crippen molar-refractivity contribution in [1.29, 1.82) is 0 Å². The first-order chi connectivity index (χ1) is 9.74. The Labute approximate surface area is 123 Å². The molecule has 6 heteroatoms. The van der Waals surface area contributed by atoms with Crippen LogP contribution in [0.3, 0.4) is 0 Å². The molecule has 0 bridgehead atoms. The van der Waals surface area contributed by atoms with Gasteiger partial charge in [0.15, 0.2) is 5.84 Å². The predicted octanol–water partition coefficient (Wildman–Crippen LogP) is 2.20. The molecule has 5 nitrogen and oxygen atoms in total. The predicted molar refractivity (Wildman–Crippen MR) is 80.5 cm³/mol. The van der Waals surface area contributed by atoms with E-state index in [1.807, 2.05) is 30.1 Å². The summed E-state index contributed by atoms with van der Waals surface area (Å²) >= 11 is 2.01. The number of aromatic nitrogens is 1. The molecule has 1 spiro atoms. The largest absolute Gasteiger partial charge is 0.409 e. The standard InChI is InChI=1S/C14H21N3O2S/c15-13(16-18)12-2-1-6-17(12)11-3-7-19-14(10-11)4-8-20-9-5-14/h1-2,6,11,18H,3-5,7-10H2,(H2,15,16). The molecule has 0 aromatic carbocycles. The monoisotopic (exact) mass is 295 g/mol. The maximum atomic E-state index is 8.89. The van der Waals surface area contributed by atoms with E-state index in [1.165, 1.54) is 11.5 Å². The molecule has 1 atom stereocenters. The number of rotatable bonds is 2. The first-order valence-electron chi connectivity index (χ1n) is 7.10. The second-order valence-corrected chi connectivity index (χ2v) is 6.80. The first kappa shape index (κ1) is 13.8. The van der Waals surface area contributed by atoms with Crippen molar-refractivity contribution >= 4 is 17.6 Å². The molecule has 1 unspecified atom stereocenters. The van der Waals surface area contributed by atoms with Gasteiger partial charge in [0.05, 0.1) is 11.3 Å². The third-order valence-corrected chi connectivity index (χ3v) is 5.40. The third kappa shape index (κ3) is 2.54. The van der Waals surface area contributed by atoms with Gasteiger partial charge in [0, 0.05) is 18.8 Å². The summed E-state index contributed by atoms with van der Waals surface area (Å²) in [5.74, 6) is 2.55. The van der Waals surface area contributed by atoms with Crippen LogP contribution in [0.1, 0.15) is 37.4 Å². The summed E-state index contributed by atoms with van der Waals surface area (Å²) < 4.78 is 8.26. The lowest BCUT2D eigenvalue weighted by molar-refractivity contribution is -0.0988. The van der Waals surface area contributed by atoms with Crippen LogP contribution < -0.4 is 5.73 Å². The maximum Gasteiger partial charge on any atom is 0.186 e.